The van der Waals surface area contributed by atoms with Gasteiger partial charge >= 0.3 is 7.82 Å². The summed E-state index contributed by atoms with van der Waals surface area (Å²) in [7, 11) is -4.64. The highest BCUT2D eigenvalue weighted by Crippen LogP contribution is 2.25. The number of rotatable bonds is 3. The van der Waals surface area contributed by atoms with E-state index < -0.39 is 13.9 Å². The third-order valence-corrected chi connectivity index (χ3v) is 0.570. The number of terminal acetylenes is 1. The van der Waals surface area contributed by atoms with Gasteiger partial charge in [0, 0.05) is 0 Å². The number of phosphoric acid groups is 1. The Morgan fingerprint density at radius 2 is 1.85 bits per heavy atom. The highest BCUT2D eigenvalue weighted by atomic mass is 31.2. The van der Waals surface area contributed by atoms with Crippen LogP contribution in [0.2, 0.25) is 0 Å². The van der Waals surface area contributed by atoms with Gasteiger partial charge in [0.25, 0.3) is 0 Å². The first-order valence-corrected chi connectivity index (χ1v) is 4.52. The number of aliphatic hydroxyl groups excluding tert-OH is 2. The molecule has 0 bridgehead atoms. The molecule has 0 heterocycles. The maximum atomic E-state index is 8.88. The predicted octanol–water partition coefficient (Wildman–Crippen LogP) is -1.98. The molecule has 1 unspecified atom stereocenters. The number of aliphatic hydroxyl groups is 2. The molecule has 0 aliphatic heterocycles. The van der Waals surface area contributed by atoms with Crippen molar-refractivity contribution in [3.63, 3.8) is 0 Å². The minimum Gasteiger partial charge on any atom is -0.444 e. The highest BCUT2D eigenvalue weighted by molar-refractivity contribution is 7.45. The normalized spacial score (nSPS) is 12.0. The van der Waals surface area contributed by atoms with E-state index in [1.807, 2.05) is 6.11 Å². The quantitative estimate of drug-likeness (QED) is 0.272. The van der Waals surface area contributed by atoms with Crippen molar-refractivity contribution < 1.29 is 34.2 Å². The molecule has 0 amide bonds. The Kier molecular flexibility index (Phi) is 9.17. The summed E-state index contributed by atoms with van der Waals surface area (Å²) in [6, 6.07) is 0. The van der Waals surface area contributed by atoms with Crippen LogP contribution in [-0.4, -0.2) is 44.2 Å². The van der Waals surface area contributed by atoms with Crippen LogP contribution in [0.1, 0.15) is 0 Å². The third kappa shape index (κ3) is 34.6. The molecule has 0 aromatic rings. The largest absolute Gasteiger partial charge is 0.466 e. The van der Waals surface area contributed by atoms with E-state index in [4.69, 9.17) is 29.5 Å². The topological polar surface area (TPSA) is 127 Å². The van der Waals surface area contributed by atoms with Gasteiger partial charge in [-0.2, -0.15) is 0 Å². The second-order valence-electron chi connectivity index (χ2n) is 1.78. The molecule has 0 aliphatic carbocycles. The standard InChI is InChI=1S/C5H8O3.H3O4P/c1-2-8-4-5(7)3-6;1-5(2,3)4/h1,5-7H,3-4H2;(H3,1,2,3,4). The zero-order valence-electron chi connectivity index (χ0n) is 6.57. The zero-order valence-corrected chi connectivity index (χ0v) is 7.46. The fourth-order valence-electron chi connectivity index (χ4n) is 0.197. The fourth-order valence-corrected chi connectivity index (χ4v) is 0.197. The molecule has 0 rings (SSSR count). The SMILES string of the molecule is C#COCC(O)CO.O=P(O)(O)O. The maximum absolute atomic E-state index is 8.88. The van der Waals surface area contributed by atoms with E-state index in [-0.39, 0.29) is 13.2 Å². The second kappa shape index (κ2) is 8.01. The molecule has 0 saturated carbocycles. The molecule has 13 heavy (non-hydrogen) atoms. The van der Waals surface area contributed by atoms with Gasteiger partial charge in [0.2, 0.25) is 0 Å². The Labute approximate surface area is 74.8 Å². The molecule has 0 saturated heterocycles. The van der Waals surface area contributed by atoms with E-state index in [0.29, 0.717) is 0 Å². The molecule has 0 aliphatic rings. The average molecular weight is 214 g/mol. The van der Waals surface area contributed by atoms with E-state index in [1.54, 1.807) is 0 Å². The first-order chi connectivity index (χ1) is 5.81. The molecule has 0 spiro atoms. The van der Waals surface area contributed by atoms with Gasteiger partial charge in [-0.25, -0.2) is 4.57 Å². The smallest absolute Gasteiger partial charge is 0.444 e. The van der Waals surface area contributed by atoms with E-state index in [1.165, 1.54) is 0 Å². The molecular weight excluding hydrogens is 203 g/mol. The summed E-state index contributed by atoms with van der Waals surface area (Å²) in [4.78, 5) is 21.6. The van der Waals surface area contributed by atoms with Crippen LogP contribution < -0.4 is 0 Å². The molecule has 0 fully saturated rings. The van der Waals surface area contributed by atoms with Crippen molar-refractivity contribution >= 4 is 7.82 Å². The second-order valence-corrected chi connectivity index (χ2v) is 2.81. The summed E-state index contributed by atoms with van der Waals surface area (Å²) >= 11 is 0. The zero-order chi connectivity index (χ0) is 10.9. The third-order valence-electron chi connectivity index (χ3n) is 0.570. The van der Waals surface area contributed by atoms with Crippen molar-refractivity contribution in [2.75, 3.05) is 13.2 Å². The van der Waals surface area contributed by atoms with E-state index in [2.05, 4.69) is 11.2 Å². The van der Waals surface area contributed by atoms with Crippen molar-refractivity contribution in [3.8, 4) is 12.5 Å². The summed E-state index contributed by atoms with van der Waals surface area (Å²) in [6.07, 6.45) is 5.67. The van der Waals surface area contributed by atoms with Gasteiger partial charge in [0.15, 0.2) is 0 Å². The number of hydrogen-bond acceptors (Lipinski definition) is 4. The minimum absolute atomic E-state index is 0.00694. The molecule has 7 nitrogen and oxygen atoms in total. The summed E-state index contributed by atoms with van der Waals surface area (Å²) in [5.41, 5.74) is 0. The van der Waals surface area contributed by atoms with Gasteiger partial charge in [-0.15, -0.1) is 0 Å². The van der Waals surface area contributed by atoms with Crippen LogP contribution in [0.15, 0.2) is 0 Å². The lowest BCUT2D eigenvalue weighted by atomic mass is 10.4. The van der Waals surface area contributed by atoms with E-state index in [0.717, 1.165) is 0 Å². The summed E-state index contributed by atoms with van der Waals surface area (Å²) in [5.74, 6) is 0. The van der Waals surface area contributed by atoms with Crippen LogP contribution >= 0.6 is 7.82 Å². The lowest BCUT2D eigenvalue weighted by molar-refractivity contribution is 0.0443. The molecule has 0 aromatic heterocycles. The lowest BCUT2D eigenvalue weighted by Gasteiger charge is -2.01. The monoisotopic (exact) mass is 214 g/mol. The Hall–Kier alpha value is -0.610. The maximum Gasteiger partial charge on any atom is 0.466 e. The van der Waals surface area contributed by atoms with Crippen molar-refractivity contribution in [2.24, 2.45) is 0 Å². The number of ether oxygens (including phenoxy) is 1. The molecule has 0 aromatic carbocycles. The highest BCUT2D eigenvalue weighted by Gasteiger charge is 2.00. The lowest BCUT2D eigenvalue weighted by Crippen LogP contribution is -2.17. The summed E-state index contributed by atoms with van der Waals surface area (Å²) < 4.78 is 13.2. The number of hydrogen-bond donors (Lipinski definition) is 5. The minimum atomic E-state index is -4.64. The van der Waals surface area contributed by atoms with Gasteiger partial charge in [0.1, 0.15) is 18.8 Å². The molecule has 1 atom stereocenters. The van der Waals surface area contributed by atoms with Gasteiger partial charge in [-0.1, -0.05) is 6.42 Å². The van der Waals surface area contributed by atoms with Crippen LogP contribution in [0.4, 0.5) is 0 Å². The Morgan fingerprint density at radius 3 is 2.08 bits per heavy atom. The molecule has 78 valence electrons. The van der Waals surface area contributed by atoms with Gasteiger partial charge < -0.3 is 29.6 Å². The van der Waals surface area contributed by atoms with Crippen molar-refractivity contribution in [1.82, 2.24) is 0 Å². The van der Waals surface area contributed by atoms with Crippen LogP contribution in [0.3, 0.4) is 0 Å². The Morgan fingerprint density at radius 1 is 1.46 bits per heavy atom. The first kappa shape index (κ1) is 14.9. The van der Waals surface area contributed by atoms with Crippen molar-refractivity contribution in [3.05, 3.63) is 0 Å². The van der Waals surface area contributed by atoms with E-state index >= 15 is 0 Å². The van der Waals surface area contributed by atoms with Gasteiger partial charge in [-0.3, -0.25) is 0 Å². The molecule has 8 heteroatoms. The molecule has 0 radical (unpaired) electrons. The van der Waals surface area contributed by atoms with Crippen LogP contribution in [0.5, 0.6) is 0 Å². The van der Waals surface area contributed by atoms with Crippen LogP contribution in [0, 0.1) is 12.5 Å². The molecule has 5 N–H and O–H groups in total. The van der Waals surface area contributed by atoms with Gasteiger partial charge in [0.05, 0.1) is 6.61 Å². The van der Waals surface area contributed by atoms with Crippen LogP contribution in [0.25, 0.3) is 0 Å². The molecular formula is C5H11O7P. The van der Waals surface area contributed by atoms with E-state index in [9.17, 15) is 0 Å². The summed E-state index contributed by atoms with van der Waals surface area (Å²) in [6.45, 7) is -0.325. The fraction of sp³-hybridized carbons (Fsp3) is 0.600. The predicted molar refractivity (Wildman–Crippen MR) is 42.1 cm³/mol. The first-order valence-electron chi connectivity index (χ1n) is 2.95. The average Bonchev–Trinajstić information content (AvgIpc) is 1.97. The van der Waals surface area contributed by atoms with Crippen molar-refractivity contribution in [2.45, 2.75) is 6.10 Å². The summed E-state index contributed by atoms with van der Waals surface area (Å²) in [5, 5.41) is 16.7. The Bertz CT molecular complexity index is 183. The Balaban J connectivity index is 0. The van der Waals surface area contributed by atoms with Gasteiger partial charge in [-0.05, 0) is 0 Å². The van der Waals surface area contributed by atoms with Crippen LogP contribution in [-0.2, 0) is 9.30 Å². The van der Waals surface area contributed by atoms with Crippen molar-refractivity contribution in [1.29, 1.82) is 0 Å².